The van der Waals surface area contributed by atoms with Crippen molar-refractivity contribution in [3.63, 3.8) is 0 Å². The number of rotatable bonds is 5. The predicted molar refractivity (Wildman–Crippen MR) is 114 cm³/mol. The maximum absolute atomic E-state index is 12.6. The highest BCUT2D eigenvalue weighted by molar-refractivity contribution is 7.13. The largest absolute Gasteiger partial charge is 0.479 e. The number of aromatic nitrogens is 1. The number of nitrogens with one attached hydrogen (secondary N) is 1. The number of halogens is 2. The van der Waals surface area contributed by atoms with E-state index in [0.29, 0.717) is 20.7 Å². The van der Waals surface area contributed by atoms with Gasteiger partial charge in [-0.05, 0) is 29.3 Å². The molecule has 0 spiro atoms. The van der Waals surface area contributed by atoms with Crippen LogP contribution in [0.5, 0.6) is 0 Å². The van der Waals surface area contributed by atoms with Crippen LogP contribution in [0.4, 0.5) is 0 Å². The molecule has 29 heavy (non-hydrogen) atoms. The summed E-state index contributed by atoms with van der Waals surface area (Å²) in [7, 11) is 0. The number of hydrogen-bond donors (Lipinski definition) is 2. The number of benzene rings is 2. The highest BCUT2D eigenvalue weighted by atomic mass is 35.5. The third-order valence-corrected chi connectivity index (χ3v) is 6.42. The van der Waals surface area contributed by atoms with Crippen LogP contribution in [0.2, 0.25) is 10.0 Å². The Hall–Kier alpha value is -2.41. The second-order valence-electron chi connectivity index (χ2n) is 7.00. The van der Waals surface area contributed by atoms with E-state index >= 15 is 0 Å². The van der Waals surface area contributed by atoms with Crippen molar-refractivity contribution in [3.05, 3.63) is 74.7 Å². The van der Waals surface area contributed by atoms with E-state index < -0.39 is 11.5 Å². The van der Waals surface area contributed by atoms with Gasteiger partial charge in [0, 0.05) is 28.8 Å². The SMILES string of the molecule is O=C(Cc1csc(-c2ccc(Cl)cc2Cl)n1)NC1(C(=O)O)Cc2ccccc2C1. The minimum atomic E-state index is -1.32. The van der Waals surface area contributed by atoms with Crippen molar-refractivity contribution in [1.29, 1.82) is 0 Å². The van der Waals surface area contributed by atoms with Crippen LogP contribution in [0.3, 0.4) is 0 Å². The molecule has 8 heteroatoms. The summed E-state index contributed by atoms with van der Waals surface area (Å²) in [5.41, 5.74) is 1.87. The zero-order valence-corrected chi connectivity index (χ0v) is 17.4. The Kier molecular flexibility index (Phi) is 5.34. The van der Waals surface area contributed by atoms with Gasteiger partial charge >= 0.3 is 5.97 Å². The van der Waals surface area contributed by atoms with Gasteiger partial charge < -0.3 is 10.4 Å². The number of thiazole rings is 1. The molecule has 0 fully saturated rings. The Morgan fingerprint density at radius 1 is 1.14 bits per heavy atom. The second-order valence-corrected chi connectivity index (χ2v) is 8.70. The molecule has 2 N–H and O–H groups in total. The minimum absolute atomic E-state index is 0.00686. The normalized spacial score (nSPS) is 14.4. The van der Waals surface area contributed by atoms with E-state index in [1.807, 2.05) is 24.3 Å². The van der Waals surface area contributed by atoms with Crippen molar-refractivity contribution in [3.8, 4) is 10.6 Å². The second kappa shape index (κ2) is 7.78. The zero-order valence-electron chi connectivity index (χ0n) is 15.1. The number of carbonyl (C=O) groups is 2. The molecule has 0 atom stereocenters. The van der Waals surface area contributed by atoms with Gasteiger partial charge in [-0.2, -0.15) is 0 Å². The Balaban J connectivity index is 1.49. The van der Waals surface area contributed by atoms with E-state index in [1.165, 1.54) is 11.3 Å². The molecular weight excluding hydrogens is 431 g/mol. The molecule has 0 bridgehead atoms. The summed E-state index contributed by atoms with van der Waals surface area (Å²) in [6.07, 6.45) is 0.535. The van der Waals surface area contributed by atoms with Crippen LogP contribution in [0.25, 0.3) is 10.6 Å². The van der Waals surface area contributed by atoms with Crippen molar-refractivity contribution in [2.75, 3.05) is 0 Å². The van der Waals surface area contributed by atoms with Gasteiger partial charge in [0.2, 0.25) is 5.91 Å². The summed E-state index contributed by atoms with van der Waals surface area (Å²) in [5.74, 6) is -1.41. The van der Waals surface area contributed by atoms with Crippen LogP contribution >= 0.6 is 34.5 Å². The Labute approximate surface area is 181 Å². The van der Waals surface area contributed by atoms with Crippen LogP contribution in [0.15, 0.2) is 47.8 Å². The average Bonchev–Trinajstić information content (AvgIpc) is 3.26. The van der Waals surface area contributed by atoms with Crippen molar-refractivity contribution in [1.82, 2.24) is 10.3 Å². The summed E-state index contributed by atoms with van der Waals surface area (Å²) in [6.45, 7) is 0. The molecule has 0 saturated heterocycles. The molecular formula is C21H16Cl2N2O3S. The fourth-order valence-corrected chi connectivity index (χ4v) is 4.97. The lowest BCUT2D eigenvalue weighted by atomic mass is 9.95. The quantitative estimate of drug-likeness (QED) is 0.608. The van der Waals surface area contributed by atoms with Gasteiger partial charge in [-0.3, -0.25) is 4.79 Å². The first-order chi connectivity index (χ1) is 13.9. The number of carboxylic acid groups (broad SMARTS) is 1. The van der Waals surface area contributed by atoms with Gasteiger partial charge in [-0.1, -0.05) is 47.5 Å². The van der Waals surface area contributed by atoms with Gasteiger partial charge in [0.1, 0.15) is 10.5 Å². The lowest BCUT2D eigenvalue weighted by Gasteiger charge is -2.25. The third kappa shape index (κ3) is 4.01. The standard InChI is InChI=1S/C21H16Cl2N2O3S/c22-14-5-6-16(17(23)7-14)19-24-15(11-29-19)8-18(26)25-21(20(27)28)9-12-3-1-2-4-13(12)10-21/h1-7,11H,8-10H2,(H,25,26)(H,27,28). The number of carboxylic acids is 1. The lowest BCUT2D eigenvalue weighted by molar-refractivity contribution is -0.147. The van der Waals surface area contributed by atoms with Crippen LogP contribution < -0.4 is 5.32 Å². The molecule has 1 heterocycles. The number of hydrogen-bond acceptors (Lipinski definition) is 4. The molecule has 1 amide bonds. The first-order valence-corrected chi connectivity index (χ1v) is 10.5. The Bertz CT molecular complexity index is 1090. The van der Waals surface area contributed by atoms with Crippen LogP contribution in [0.1, 0.15) is 16.8 Å². The smallest absolute Gasteiger partial charge is 0.330 e. The molecule has 1 aliphatic carbocycles. The monoisotopic (exact) mass is 446 g/mol. The van der Waals surface area contributed by atoms with Crippen molar-refractivity contribution in [2.24, 2.45) is 0 Å². The Morgan fingerprint density at radius 2 is 1.83 bits per heavy atom. The molecule has 0 unspecified atom stereocenters. The first kappa shape index (κ1) is 19.9. The molecule has 148 valence electrons. The van der Waals surface area contributed by atoms with Crippen molar-refractivity contribution >= 4 is 46.4 Å². The highest BCUT2D eigenvalue weighted by Crippen LogP contribution is 2.33. The maximum Gasteiger partial charge on any atom is 0.330 e. The molecule has 1 aliphatic rings. The maximum atomic E-state index is 12.6. The van der Waals surface area contributed by atoms with Crippen LogP contribution in [0, 0.1) is 0 Å². The van der Waals surface area contributed by atoms with E-state index in [9.17, 15) is 14.7 Å². The first-order valence-electron chi connectivity index (χ1n) is 8.87. The third-order valence-electron chi connectivity index (χ3n) is 4.95. The molecule has 0 radical (unpaired) electrons. The number of amides is 1. The summed E-state index contributed by atoms with van der Waals surface area (Å²) in [6, 6.07) is 12.7. The molecule has 0 saturated carbocycles. The fourth-order valence-electron chi connectivity index (χ4n) is 3.56. The molecule has 2 aromatic carbocycles. The number of nitrogens with zero attached hydrogens (tertiary/aromatic N) is 1. The highest BCUT2D eigenvalue weighted by Gasteiger charge is 2.45. The van der Waals surface area contributed by atoms with Crippen molar-refractivity contribution < 1.29 is 14.7 Å². The van der Waals surface area contributed by atoms with E-state index in [1.54, 1.807) is 23.6 Å². The summed E-state index contributed by atoms with van der Waals surface area (Å²) in [5, 5.41) is 16.0. The number of fused-ring (bicyclic) bond motifs is 1. The molecule has 0 aliphatic heterocycles. The predicted octanol–water partition coefficient (Wildman–Crippen LogP) is 4.40. The number of carbonyl (C=O) groups excluding carboxylic acids is 1. The topological polar surface area (TPSA) is 79.3 Å². The van der Waals surface area contributed by atoms with Gasteiger partial charge in [-0.15, -0.1) is 11.3 Å². The molecule has 1 aromatic heterocycles. The average molecular weight is 447 g/mol. The summed E-state index contributed by atoms with van der Waals surface area (Å²) < 4.78 is 0. The van der Waals surface area contributed by atoms with E-state index in [-0.39, 0.29) is 25.2 Å². The van der Waals surface area contributed by atoms with Gasteiger partial charge in [0.25, 0.3) is 0 Å². The van der Waals surface area contributed by atoms with Gasteiger partial charge in [0.15, 0.2) is 0 Å². The zero-order chi connectivity index (χ0) is 20.6. The van der Waals surface area contributed by atoms with Crippen LogP contribution in [-0.4, -0.2) is 27.5 Å². The molecule has 4 rings (SSSR count). The lowest BCUT2D eigenvalue weighted by Crippen LogP contribution is -2.55. The van der Waals surface area contributed by atoms with Gasteiger partial charge in [-0.25, -0.2) is 9.78 Å². The number of aliphatic carboxylic acids is 1. The van der Waals surface area contributed by atoms with Crippen LogP contribution in [-0.2, 0) is 28.9 Å². The van der Waals surface area contributed by atoms with E-state index in [4.69, 9.17) is 23.2 Å². The van der Waals surface area contributed by atoms with Gasteiger partial charge in [0.05, 0.1) is 17.1 Å². The van der Waals surface area contributed by atoms with Crippen molar-refractivity contribution in [2.45, 2.75) is 24.8 Å². The molecule has 5 nitrogen and oxygen atoms in total. The summed E-state index contributed by atoms with van der Waals surface area (Å²) in [4.78, 5) is 29.1. The fraction of sp³-hybridized carbons (Fsp3) is 0.190. The molecule has 3 aromatic rings. The van der Waals surface area contributed by atoms with E-state index in [2.05, 4.69) is 10.3 Å². The minimum Gasteiger partial charge on any atom is -0.479 e. The van der Waals surface area contributed by atoms with E-state index in [0.717, 1.165) is 16.7 Å². The Morgan fingerprint density at radius 3 is 2.45 bits per heavy atom. The summed E-state index contributed by atoms with van der Waals surface area (Å²) >= 11 is 13.5.